The molecule has 0 bridgehead atoms. The van der Waals surface area contributed by atoms with Crippen LogP contribution in [0.1, 0.15) is 37.5 Å². The average molecular weight is 514 g/mol. The predicted molar refractivity (Wildman–Crippen MR) is 140 cm³/mol. The Kier molecular flexibility index (Phi) is 8.60. The fraction of sp³-hybridized carbons (Fsp3) is 0.346. The van der Waals surface area contributed by atoms with Crippen molar-refractivity contribution in [2.45, 2.75) is 40.5 Å². The molecule has 192 valence electrons. The van der Waals surface area contributed by atoms with Crippen molar-refractivity contribution in [3.63, 3.8) is 0 Å². The number of halogens is 1. The molecule has 10 heteroatoms. The fourth-order valence-corrected chi connectivity index (χ4v) is 4.04. The quantitative estimate of drug-likeness (QED) is 0.298. The number of urea groups is 2. The minimum Gasteiger partial charge on any atom is -0.469 e. The maximum atomic E-state index is 13.6. The largest absolute Gasteiger partial charge is 0.469 e. The normalized spacial score (nSPS) is 16.6. The number of imide groups is 1. The molecule has 2 aromatic carbocycles. The Morgan fingerprint density at radius 3 is 2.42 bits per heavy atom. The lowest BCUT2D eigenvalue weighted by atomic mass is 10.1. The predicted octanol–water partition coefficient (Wildman–Crippen LogP) is 4.81. The van der Waals surface area contributed by atoms with Crippen molar-refractivity contribution in [2.24, 2.45) is 11.8 Å². The maximum Gasteiger partial charge on any atom is 0.345 e. The number of allylic oxidation sites excluding steroid dienone is 1. The van der Waals surface area contributed by atoms with Crippen molar-refractivity contribution in [1.29, 1.82) is 0 Å². The van der Waals surface area contributed by atoms with Crippen molar-refractivity contribution < 1.29 is 19.1 Å². The Morgan fingerprint density at radius 1 is 1.17 bits per heavy atom. The smallest absolute Gasteiger partial charge is 0.345 e. The van der Waals surface area contributed by atoms with Gasteiger partial charge in [0.15, 0.2) is 0 Å². The zero-order valence-corrected chi connectivity index (χ0v) is 21.9. The van der Waals surface area contributed by atoms with Crippen LogP contribution in [0.3, 0.4) is 0 Å². The van der Waals surface area contributed by atoms with Crippen LogP contribution < -0.4 is 11.2 Å². The standard InChI is InChI=1S/C26H32ClN5O4/c1-16(2)12-20-8-11-22(13-17(20)3)29-24-30(15-19-6-9-21(27)10-7-19)25(34)31(26(35)32(24)28)14-18(4)23(33)36-5/h6-13,18,24,29H,14-15,28H2,1-5H3/t18-,24?/m0/s1. The van der Waals surface area contributed by atoms with Crippen LogP contribution in [0.15, 0.2) is 48.0 Å². The van der Waals surface area contributed by atoms with E-state index in [1.165, 1.54) is 17.6 Å². The molecule has 0 aromatic heterocycles. The summed E-state index contributed by atoms with van der Waals surface area (Å²) in [5, 5.41) is 4.75. The molecule has 0 aliphatic carbocycles. The van der Waals surface area contributed by atoms with Gasteiger partial charge in [0.2, 0.25) is 6.29 Å². The number of nitrogens with two attached hydrogens (primary N) is 1. The van der Waals surface area contributed by atoms with Crippen LogP contribution in [0.5, 0.6) is 0 Å². The number of hydrogen-bond acceptors (Lipinski definition) is 6. The zero-order chi connectivity index (χ0) is 26.6. The highest BCUT2D eigenvalue weighted by atomic mass is 35.5. The summed E-state index contributed by atoms with van der Waals surface area (Å²) in [6.07, 6.45) is 1.11. The Bertz CT molecular complexity index is 1160. The number of ether oxygens (including phenoxy) is 1. The molecule has 3 rings (SSSR count). The van der Waals surface area contributed by atoms with Gasteiger partial charge in [-0.3, -0.25) is 9.69 Å². The minimum atomic E-state index is -0.973. The number of hydrazine groups is 1. The van der Waals surface area contributed by atoms with E-state index < -0.39 is 30.2 Å². The first-order valence-corrected chi connectivity index (χ1v) is 11.9. The van der Waals surface area contributed by atoms with Crippen LogP contribution in [-0.2, 0) is 16.1 Å². The molecule has 1 heterocycles. The summed E-state index contributed by atoms with van der Waals surface area (Å²) in [5.74, 6) is 5.00. The van der Waals surface area contributed by atoms with E-state index in [4.69, 9.17) is 22.2 Å². The number of carbonyl (C=O) groups excluding carboxylic acids is 3. The van der Waals surface area contributed by atoms with Gasteiger partial charge in [-0.15, -0.1) is 0 Å². The molecule has 1 saturated heterocycles. The molecule has 4 amide bonds. The van der Waals surface area contributed by atoms with E-state index in [-0.39, 0.29) is 13.1 Å². The molecule has 1 aliphatic rings. The lowest BCUT2D eigenvalue weighted by molar-refractivity contribution is -0.145. The van der Waals surface area contributed by atoms with E-state index in [0.29, 0.717) is 10.7 Å². The summed E-state index contributed by atoms with van der Waals surface area (Å²) in [4.78, 5) is 41.0. The molecule has 9 nitrogen and oxygen atoms in total. The van der Waals surface area contributed by atoms with Crippen LogP contribution in [0.25, 0.3) is 6.08 Å². The molecule has 2 aromatic rings. The minimum absolute atomic E-state index is 0.145. The summed E-state index contributed by atoms with van der Waals surface area (Å²) in [5.41, 5.74) is 4.75. The van der Waals surface area contributed by atoms with E-state index >= 15 is 0 Å². The zero-order valence-electron chi connectivity index (χ0n) is 21.1. The third-order valence-electron chi connectivity index (χ3n) is 5.82. The number of nitrogens with zero attached hydrogens (tertiary/aromatic N) is 3. The number of nitrogens with one attached hydrogen (secondary N) is 1. The Hall–Kier alpha value is -3.56. The number of aryl methyl sites for hydroxylation is 1. The van der Waals surface area contributed by atoms with Crippen LogP contribution >= 0.6 is 11.6 Å². The molecule has 0 saturated carbocycles. The molecule has 36 heavy (non-hydrogen) atoms. The molecular formula is C26H32ClN5O4. The monoisotopic (exact) mass is 513 g/mol. The first-order chi connectivity index (χ1) is 17.0. The second-order valence-electron chi connectivity index (χ2n) is 9.07. The molecule has 1 unspecified atom stereocenters. The summed E-state index contributed by atoms with van der Waals surface area (Å²) < 4.78 is 4.75. The van der Waals surface area contributed by atoms with Gasteiger partial charge in [0.25, 0.3) is 0 Å². The van der Waals surface area contributed by atoms with E-state index in [2.05, 4.69) is 11.4 Å². The number of hydrogen-bond donors (Lipinski definition) is 2. The Labute approximate surface area is 216 Å². The highest BCUT2D eigenvalue weighted by Crippen LogP contribution is 2.25. The number of benzene rings is 2. The van der Waals surface area contributed by atoms with Crippen LogP contribution in [-0.4, -0.2) is 52.8 Å². The lowest BCUT2D eigenvalue weighted by Crippen LogP contribution is -2.70. The highest BCUT2D eigenvalue weighted by molar-refractivity contribution is 6.30. The number of carbonyl (C=O) groups is 3. The van der Waals surface area contributed by atoms with Crippen LogP contribution in [0, 0.1) is 12.8 Å². The van der Waals surface area contributed by atoms with Crippen molar-refractivity contribution in [1.82, 2.24) is 14.8 Å². The van der Waals surface area contributed by atoms with Crippen molar-refractivity contribution >= 4 is 41.4 Å². The first kappa shape index (κ1) is 27.0. The summed E-state index contributed by atoms with van der Waals surface area (Å²) in [6, 6.07) is 11.5. The van der Waals surface area contributed by atoms with E-state index in [1.54, 1.807) is 31.2 Å². The van der Waals surface area contributed by atoms with E-state index in [9.17, 15) is 14.4 Å². The van der Waals surface area contributed by atoms with Crippen molar-refractivity contribution in [3.8, 4) is 0 Å². The van der Waals surface area contributed by atoms with Gasteiger partial charge in [-0.25, -0.2) is 25.3 Å². The fourth-order valence-electron chi connectivity index (χ4n) is 3.92. The van der Waals surface area contributed by atoms with E-state index in [1.807, 2.05) is 39.0 Å². The second-order valence-corrected chi connectivity index (χ2v) is 9.51. The molecule has 0 spiro atoms. The van der Waals surface area contributed by atoms with Crippen molar-refractivity contribution in [3.05, 3.63) is 69.8 Å². The van der Waals surface area contributed by atoms with Gasteiger partial charge in [-0.1, -0.05) is 48.4 Å². The molecule has 1 aliphatic heterocycles. The number of methoxy groups -OCH3 is 1. The second kappa shape index (κ2) is 11.5. The van der Waals surface area contributed by atoms with Gasteiger partial charge in [-0.2, -0.15) is 0 Å². The Morgan fingerprint density at radius 2 is 1.83 bits per heavy atom. The van der Waals surface area contributed by atoms with Gasteiger partial charge < -0.3 is 10.1 Å². The first-order valence-electron chi connectivity index (χ1n) is 11.5. The lowest BCUT2D eigenvalue weighted by Gasteiger charge is -2.45. The molecule has 0 radical (unpaired) electrons. The summed E-state index contributed by atoms with van der Waals surface area (Å²) >= 11 is 6.02. The van der Waals surface area contributed by atoms with E-state index in [0.717, 1.165) is 26.6 Å². The number of esters is 1. The number of amides is 4. The van der Waals surface area contributed by atoms with Gasteiger partial charge >= 0.3 is 18.0 Å². The third kappa shape index (κ3) is 6.16. The topological polar surface area (TPSA) is 108 Å². The van der Waals surface area contributed by atoms with Gasteiger partial charge in [-0.05, 0) is 61.7 Å². The van der Waals surface area contributed by atoms with Crippen LogP contribution in [0.4, 0.5) is 15.3 Å². The Balaban J connectivity index is 1.94. The van der Waals surface area contributed by atoms with Crippen molar-refractivity contribution in [2.75, 3.05) is 19.0 Å². The number of anilines is 1. The molecule has 1 fully saturated rings. The number of rotatable bonds is 8. The third-order valence-corrected chi connectivity index (χ3v) is 6.07. The summed E-state index contributed by atoms with van der Waals surface area (Å²) in [6.45, 7) is 7.60. The molecule has 2 atom stereocenters. The maximum absolute atomic E-state index is 13.6. The summed E-state index contributed by atoms with van der Waals surface area (Å²) in [7, 11) is 1.26. The van der Waals surface area contributed by atoms with Gasteiger partial charge in [0, 0.05) is 17.3 Å². The van der Waals surface area contributed by atoms with Crippen LogP contribution in [0.2, 0.25) is 5.02 Å². The van der Waals surface area contributed by atoms with Gasteiger partial charge in [0.1, 0.15) is 0 Å². The molecular weight excluding hydrogens is 482 g/mol. The van der Waals surface area contributed by atoms with Gasteiger partial charge in [0.05, 0.1) is 19.6 Å². The SMILES string of the molecule is COC(=O)[C@@H](C)CN1C(=O)N(N)C(Nc2ccc(C=C(C)C)c(C)c2)N(Cc2ccc(Cl)cc2)C1=O. The molecule has 3 N–H and O–H groups in total. The highest BCUT2D eigenvalue weighted by Gasteiger charge is 2.44. The average Bonchev–Trinajstić information content (AvgIpc) is 2.84.